The summed E-state index contributed by atoms with van der Waals surface area (Å²) in [6.45, 7) is 0. The van der Waals surface area contributed by atoms with Crippen molar-refractivity contribution in [1.82, 2.24) is 15.0 Å². The first-order chi connectivity index (χ1) is 7.38. The Hall–Kier alpha value is -1.55. The van der Waals surface area contributed by atoms with Gasteiger partial charge in [-0.25, -0.2) is 9.97 Å². The summed E-state index contributed by atoms with van der Waals surface area (Å²) in [5.41, 5.74) is 2.09. The molecular weight excluding hydrogens is 206 g/mol. The van der Waals surface area contributed by atoms with E-state index in [-0.39, 0.29) is 0 Å². The highest BCUT2D eigenvalue weighted by atomic mass is 32.2. The summed E-state index contributed by atoms with van der Waals surface area (Å²) in [4.78, 5) is 12.0. The number of hydrogen-bond acceptors (Lipinski definition) is 3. The smallest absolute Gasteiger partial charge is 0.187 e. The molecule has 0 atom stereocenters. The van der Waals surface area contributed by atoms with Crippen LogP contribution in [0.2, 0.25) is 0 Å². The molecule has 0 radical (unpaired) electrons. The molecule has 1 N–H and O–H groups in total. The van der Waals surface area contributed by atoms with E-state index in [0.29, 0.717) is 0 Å². The zero-order chi connectivity index (χ0) is 10.3. The Labute approximate surface area is 90.9 Å². The maximum Gasteiger partial charge on any atom is 0.187 e. The molecule has 1 aromatic carbocycles. The van der Waals surface area contributed by atoms with Crippen LogP contribution in [0.5, 0.6) is 0 Å². The number of hydrogen-bond donors (Lipinski definition) is 1. The van der Waals surface area contributed by atoms with E-state index in [4.69, 9.17) is 0 Å². The van der Waals surface area contributed by atoms with E-state index in [0.717, 1.165) is 21.6 Å². The largest absolute Gasteiger partial charge is 0.359 e. The lowest BCUT2D eigenvalue weighted by atomic mass is 10.2. The van der Waals surface area contributed by atoms with Gasteiger partial charge in [0.15, 0.2) is 5.16 Å². The molecule has 74 valence electrons. The fraction of sp³-hybridized carbons (Fsp3) is 0.0909. The van der Waals surface area contributed by atoms with E-state index in [1.807, 2.05) is 18.6 Å². The topological polar surface area (TPSA) is 41.6 Å². The second-order valence-corrected chi connectivity index (χ2v) is 4.08. The van der Waals surface area contributed by atoms with Crippen LogP contribution in [0.15, 0.2) is 35.7 Å². The number of benzene rings is 1. The molecule has 0 aliphatic rings. The van der Waals surface area contributed by atoms with E-state index in [1.54, 1.807) is 11.8 Å². The van der Waals surface area contributed by atoms with Gasteiger partial charge < -0.3 is 4.98 Å². The quantitative estimate of drug-likeness (QED) is 0.501. The number of aromatic amines is 1. The van der Waals surface area contributed by atoms with Crippen LogP contribution in [-0.4, -0.2) is 21.2 Å². The normalized spacial score (nSPS) is 11.3. The zero-order valence-electron chi connectivity index (χ0n) is 8.19. The fourth-order valence-electron chi connectivity index (χ4n) is 1.70. The minimum absolute atomic E-state index is 0.810. The summed E-state index contributed by atoms with van der Waals surface area (Å²) < 4.78 is 0. The molecule has 0 spiro atoms. The van der Waals surface area contributed by atoms with Gasteiger partial charge in [0.2, 0.25) is 0 Å². The number of rotatable bonds is 1. The second-order valence-electron chi connectivity index (χ2n) is 3.30. The van der Waals surface area contributed by atoms with Gasteiger partial charge in [0, 0.05) is 23.2 Å². The number of H-pyrrole nitrogens is 1. The molecule has 0 fully saturated rings. The Morgan fingerprint density at radius 3 is 2.93 bits per heavy atom. The third-order valence-electron chi connectivity index (χ3n) is 2.44. The van der Waals surface area contributed by atoms with Crippen molar-refractivity contribution >= 4 is 33.6 Å². The molecule has 3 nitrogen and oxygen atoms in total. The average Bonchev–Trinajstić information content (AvgIpc) is 2.76. The van der Waals surface area contributed by atoms with E-state index in [1.165, 1.54) is 5.39 Å². The van der Waals surface area contributed by atoms with Crippen molar-refractivity contribution in [3.63, 3.8) is 0 Å². The first-order valence-corrected chi connectivity index (χ1v) is 5.88. The molecule has 3 aromatic rings. The molecule has 0 bridgehead atoms. The van der Waals surface area contributed by atoms with Gasteiger partial charge in [-0.1, -0.05) is 23.9 Å². The summed E-state index contributed by atoms with van der Waals surface area (Å²) in [5.74, 6) is 0. The molecule has 0 saturated carbocycles. The van der Waals surface area contributed by atoms with Crippen LogP contribution in [-0.2, 0) is 0 Å². The maximum absolute atomic E-state index is 4.51. The molecule has 0 saturated heterocycles. The Morgan fingerprint density at radius 2 is 2.07 bits per heavy atom. The molecule has 0 amide bonds. The Balaban J connectivity index is 2.48. The monoisotopic (exact) mass is 215 g/mol. The van der Waals surface area contributed by atoms with Crippen molar-refractivity contribution in [2.75, 3.05) is 6.26 Å². The van der Waals surface area contributed by atoms with Gasteiger partial charge in [-0.3, -0.25) is 0 Å². The van der Waals surface area contributed by atoms with Crippen LogP contribution < -0.4 is 0 Å². The van der Waals surface area contributed by atoms with E-state index < -0.39 is 0 Å². The molecule has 4 heteroatoms. The predicted molar refractivity (Wildman–Crippen MR) is 63.2 cm³/mol. The molecule has 2 aromatic heterocycles. The lowest BCUT2D eigenvalue weighted by molar-refractivity contribution is 1.01. The highest BCUT2D eigenvalue weighted by Crippen LogP contribution is 2.23. The lowest BCUT2D eigenvalue weighted by Crippen LogP contribution is -1.87. The number of aromatic nitrogens is 3. The SMILES string of the molecule is CSc1ncc2ccc3cc[nH]c3c2n1. The minimum Gasteiger partial charge on any atom is -0.359 e. The van der Waals surface area contributed by atoms with Crippen molar-refractivity contribution in [2.24, 2.45) is 0 Å². The second kappa shape index (κ2) is 3.24. The highest BCUT2D eigenvalue weighted by molar-refractivity contribution is 7.98. The first-order valence-electron chi connectivity index (χ1n) is 4.65. The van der Waals surface area contributed by atoms with Crippen molar-refractivity contribution in [1.29, 1.82) is 0 Å². The number of fused-ring (bicyclic) bond motifs is 3. The minimum atomic E-state index is 0.810. The van der Waals surface area contributed by atoms with Crippen LogP contribution in [0, 0.1) is 0 Å². The van der Waals surface area contributed by atoms with Gasteiger partial charge in [-0.15, -0.1) is 0 Å². The van der Waals surface area contributed by atoms with Crippen molar-refractivity contribution < 1.29 is 0 Å². The maximum atomic E-state index is 4.51. The van der Waals surface area contributed by atoms with Gasteiger partial charge in [0.25, 0.3) is 0 Å². The van der Waals surface area contributed by atoms with Gasteiger partial charge in [-0.2, -0.15) is 0 Å². The molecule has 15 heavy (non-hydrogen) atoms. The standard InChI is InChI=1S/C11H9N3S/c1-15-11-13-6-8-3-2-7-4-5-12-9(7)10(8)14-11/h2-6,12H,1H3. The highest BCUT2D eigenvalue weighted by Gasteiger charge is 2.04. The van der Waals surface area contributed by atoms with Crippen molar-refractivity contribution in [2.45, 2.75) is 5.16 Å². The predicted octanol–water partition coefficient (Wildman–Crippen LogP) is 2.83. The average molecular weight is 215 g/mol. The number of nitrogens with zero attached hydrogens (tertiary/aromatic N) is 2. The molecule has 3 rings (SSSR count). The Bertz CT molecular complexity index is 630. The third kappa shape index (κ3) is 1.29. The molecule has 0 unspecified atom stereocenters. The number of nitrogens with one attached hydrogen (secondary N) is 1. The van der Waals surface area contributed by atoms with E-state index >= 15 is 0 Å². The van der Waals surface area contributed by atoms with E-state index in [9.17, 15) is 0 Å². The van der Waals surface area contributed by atoms with Gasteiger partial charge in [0.1, 0.15) is 0 Å². The van der Waals surface area contributed by atoms with Crippen LogP contribution in [0.3, 0.4) is 0 Å². The number of thioether (sulfide) groups is 1. The Morgan fingerprint density at radius 1 is 1.20 bits per heavy atom. The summed E-state index contributed by atoms with van der Waals surface area (Å²) in [6.07, 6.45) is 5.79. The van der Waals surface area contributed by atoms with Crippen LogP contribution in [0.25, 0.3) is 21.8 Å². The molecule has 0 aliphatic heterocycles. The summed E-state index contributed by atoms with van der Waals surface area (Å²) in [5, 5.41) is 3.07. The third-order valence-corrected chi connectivity index (χ3v) is 3.00. The zero-order valence-corrected chi connectivity index (χ0v) is 9.01. The van der Waals surface area contributed by atoms with Crippen molar-refractivity contribution in [3.8, 4) is 0 Å². The van der Waals surface area contributed by atoms with Crippen LogP contribution in [0.1, 0.15) is 0 Å². The first kappa shape index (κ1) is 8.73. The summed E-state index contributed by atoms with van der Waals surface area (Å²) in [7, 11) is 0. The van der Waals surface area contributed by atoms with Crippen LogP contribution >= 0.6 is 11.8 Å². The molecular formula is C11H9N3S. The van der Waals surface area contributed by atoms with Crippen molar-refractivity contribution in [3.05, 3.63) is 30.6 Å². The lowest BCUT2D eigenvalue weighted by Gasteiger charge is -2.00. The van der Waals surface area contributed by atoms with E-state index in [2.05, 4.69) is 33.2 Å². The van der Waals surface area contributed by atoms with Gasteiger partial charge in [0.05, 0.1) is 11.0 Å². The van der Waals surface area contributed by atoms with Crippen LogP contribution in [0.4, 0.5) is 0 Å². The van der Waals surface area contributed by atoms with Gasteiger partial charge in [-0.05, 0) is 12.3 Å². The summed E-state index contributed by atoms with van der Waals surface area (Å²) in [6, 6.07) is 6.18. The summed E-state index contributed by atoms with van der Waals surface area (Å²) >= 11 is 1.56. The molecule has 2 heterocycles. The fourth-order valence-corrected chi connectivity index (χ4v) is 2.04. The molecule has 0 aliphatic carbocycles. The Kier molecular flexibility index (Phi) is 1.89. The van der Waals surface area contributed by atoms with Gasteiger partial charge >= 0.3 is 0 Å².